The van der Waals surface area contributed by atoms with Crippen LogP contribution in [-0.4, -0.2) is 0 Å². The molecule has 27 heavy (non-hydrogen) atoms. The van der Waals surface area contributed by atoms with Crippen LogP contribution >= 0.6 is 0 Å². The van der Waals surface area contributed by atoms with Gasteiger partial charge in [0.15, 0.2) is 11.7 Å². The average molecular weight is 370 g/mol. The van der Waals surface area contributed by atoms with Gasteiger partial charge in [-0.1, -0.05) is 60.2 Å². The van der Waals surface area contributed by atoms with Gasteiger partial charge in [-0.15, -0.1) is 0 Å². The van der Waals surface area contributed by atoms with Crippen LogP contribution in [0.5, 0.6) is 0 Å². The molecule has 0 radical (unpaired) electrons. The van der Waals surface area contributed by atoms with Crippen molar-refractivity contribution in [1.29, 1.82) is 0 Å². The highest BCUT2D eigenvalue weighted by Crippen LogP contribution is 2.38. The van der Waals surface area contributed by atoms with Crippen LogP contribution in [-0.2, 0) is 0 Å². The molecule has 0 bridgehead atoms. The Morgan fingerprint density at radius 2 is 1.37 bits per heavy atom. The van der Waals surface area contributed by atoms with Gasteiger partial charge >= 0.3 is 0 Å². The molecule has 1 fully saturated rings. The van der Waals surface area contributed by atoms with Crippen LogP contribution in [0.25, 0.3) is 11.7 Å². The Morgan fingerprint density at radius 1 is 0.852 bits per heavy atom. The van der Waals surface area contributed by atoms with Crippen molar-refractivity contribution in [1.82, 2.24) is 0 Å². The van der Waals surface area contributed by atoms with E-state index < -0.39 is 11.7 Å². The molecule has 0 heterocycles. The molecule has 0 aromatic heterocycles. The molecule has 2 aromatic rings. The SMILES string of the molecule is Cc1ccc(/C(F)=C(/F)c2ccc(C3CCC(C/C=C/F)CC3)cc2)cc1. The molecule has 0 nitrogen and oxygen atoms in total. The third-order valence-electron chi connectivity index (χ3n) is 5.54. The van der Waals surface area contributed by atoms with Gasteiger partial charge in [0.25, 0.3) is 0 Å². The molecule has 3 heteroatoms. The Labute approximate surface area is 159 Å². The number of aryl methyl sites for hydroxylation is 1. The summed E-state index contributed by atoms with van der Waals surface area (Å²) in [6.07, 6.45) is 7.29. The van der Waals surface area contributed by atoms with Gasteiger partial charge in [0.05, 0.1) is 6.33 Å². The van der Waals surface area contributed by atoms with Crippen molar-refractivity contribution in [3.63, 3.8) is 0 Å². The molecule has 0 spiro atoms. The first-order valence-corrected chi connectivity index (χ1v) is 9.56. The van der Waals surface area contributed by atoms with Gasteiger partial charge < -0.3 is 0 Å². The summed E-state index contributed by atoms with van der Waals surface area (Å²) in [7, 11) is 0. The molecular weight excluding hydrogens is 345 g/mol. The predicted molar refractivity (Wildman–Crippen MR) is 106 cm³/mol. The lowest BCUT2D eigenvalue weighted by Crippen LogP contribution is -2.12. The first kappa shape index (κ1) is 19.5. The van der Waals surface area contributed by atoms with Gasteiger partial charge in [0, 0.05) is 11.1 Å². The van der Waals surface area contributed by atoms with Crippen molar-refractivity contribution in [2.24, 2.45) is 5.92 Å². The molecule has 1 aliphatic carbocycles. The minimum Gasteiger partial charge on any atom is -0.216 e. The van der Waals surface area contributed by atoms with Crippen LogP contribution in [0.4, 0.5) is 13.2 Å². The number of benzene rings is 2. The van der Waals surface area contributed by atoms with Crippen molar-refractivity contribution in [2.75, 3.05) is 0 Å². The number of hydrogen-bond donors (Lipinski definition) is 0. The fourth-order valence-electron chi connectivity index (χ4n) is 3.83. The summed E-state index contributed by atoms with van der Waals surface area (Å²) in [5, 5.41) is 0. The third-order valence-corrected chi connectivity index (χ3v) is 5.54. The summed E-state index contributed by atoms with van der Waals surface area (Å²) in [5.41, 5.74) is 2.69. The molecule has 0 unspecified atom stereocenters. The van der Waals surface area contributed by atoms with Crippen LogP contribution < -0.4 is 0 Å². The third kappa shape index (κ3) is 4.91. The molecule has 2 aromatic carbocycles. The lowest BCUT2D eigenvalue weighted by atomic mass is 9.77. The van der Waals surface area contributed by atoms with Gasteiger partial charge in [-0.2, -0.15) is 0 Å². The lowest BCUT2D eigenvalue weighted by molar-refractivity contribution is 0.327. The highest BCUT2D eigenvalue weighted by atomic mass is 19.2. The number of rotatable bonds is 5. The van der Waals surface area contributed by atoms with Crippen molar-refractivity contribution >= 4 is 11.7 Å². The highest BCUT2D eigenvalue weighted by molar-refractivity contribution is 5.83. The molecular formula is C24H25F3. The second-order valence-electron chi connectivity index (χ2n) is 7.43. The Hall–Kier alpha value is -2.29. The van der Waals surface area contributed by atoms with Gasteiger partial charge in [-0.25, -0.2) is 13.2 Å². The average Bonchev–Trinajstić information content (AvgIpc) is 2.72. The van der Waals surface area contributed by atoms with Crippen molar-refractivity contribution in [3.8, 4) is 0 Å². The largest absolute Gasteiger partial charge is 0.216 e. The highest BCUT2D eigenvalue weighted by Gasteiger charge is 2.22. The number of halogens is 3. The van der Waals surface area contributed by atoms with E-state index >= 15 is 0 Å². The topological polar surface area (TPSA) is 0 Å². The Bertz CT molecular complexity index is 793. The maximum absolute atomic E-state index is 14.5. The van der Waals surface area contributed by atoms with Crippen molar-refractivity contribution in [3.05, 3.63) is 83.2 Å². The molecule has 0 aliphatic heterocycles. The van der Waals surface area contributed by atoms with E-state index in [4.69, 9.17) is 0 Å². The summed E-state index contributed by atoms with van der Waals surface area (Å²) in [6, 6.07) is 13.9. The van der Waals surface area contributed by atoms with Gasteiger partial charge in [0.2, 0.25) is 0 Å². The quantitative estimate of drug-likeness (QED) is 0.469. The zero-order chi connectivity index (χ0) is 19.2. The van der Waals surface area contributed by atoms with Crippen LogP contribution in [0.1, 0.15) is 60.3 Å². The van der Waals surface area contributed by atoms with Crippen LogP contribution in [0.3, 0.4) is 0 Å². The van der Waals surface area contributed by atoms with E-state index in [1.54, 1.807) is 42.5 Å². The van der Waals surface area contributed by atoms with Crippen LogP contribution in [0.2, 0.25) is 0 Å². The summed E-state index contributed by atoms with van der Waals surface area (Å²) >= 11 is 0. The Morgan fingerprint density at radius 3 is 1.89 bits per heavy atom. The molecule has 142 valence electrons. The maximum Gasteiger partial charge on any atom is 0.166 e. The fraction of sp³-hybridized carbons (Fsp3) is 0.333. The Balaban J connectivity index is 1.68. The number of allylic oxidation sites excluding steroid dienone is 1. The fourth-order valence-corrected chi connectivity index (χ4v) is 3.83. The predicted octanol–water partition coefficient (Wildman–Crippen LogP) is 7.91. The van der Waals surface area contributed by atoms with Crippen LogP contribution in [0.15, 0.2) is 60.9 Å². The second-order valence-corrected chi connectivity index (χ2v) is 7.43. The summed E-state index contributed by atoms with van der Waals surface area (Å²) < 4.78 is 41.1. The molecule has 0 atom stereocenters. The van der Waals surface area contributed by atoms with Crippen LogP contribution in [0, 0.1) is 12.8 Å². The smallest absolute Gasteiger partial charge is 0.166 e. The zero-order valence-electron chi connectivity index (χ0n) is 15.6. The molecule has 3 rings (SSSR count). The normalized spacial score (nSPS) is 21.3. The first-order valence-electron chi connectivity index (χ1n) is 9.56. The zero-order valence-corrected chi connectivity index (χ0v) is 15.6. The van der Waals surface area contributed by atoms with E-state index in [2.05, 4.69) is 0 Å². The first-order chi connectivity index (χ1) is 13.1. The Kier molecular flexibility index (Phi) is 6.54. The van der Waals surface area contributed by atoms with Crippen molar-refractivity contribution in [2.45, 2.75) is 44.9 Å². The summed E-state index contributed by atoms with van der Waals surface area (Å²) in [6.45, 7) is 1.91. The molecule has 0 amide bonds. The molecule has 0 N–H and O–H groups in total. The second kappa shape index (κ2) is 9.07. The molecule has 0 saturated heterocycles. The van der Waals surface area contributed by atoms with Gasteiger partial charge in [0.1, 0.15) is 0 Å². The standard InChI is InChI=1S/C24H25F3/c1-17-4-8-21(9-5-17)23(26)24(27)22-14-12-20(13-15-22)19-10-6-18(7-11-19)3-2-16-25/h2,4-5,8-9,12-16,18-19H,3,6-7,10-11H2,1H3/b16-2+,24-23-. The lowest BCUT2D eigenvalue weighted by Gasteiger charge is -2.28. The summed E-state index contributed by atoms with van der Waals surface area (Å²) in [5.74, 6) is -0.661. The molecule has 1 saturated carbocycles. The van der Waals surface area contributed by atoms with Crippen molar-refractivity contribution < 1.29 is 13.2 Å². The van der Waals surface area contributed by atoms with E-state index in [0.717, 1.165) is 37.7 Å². The monoisotopic (exact) mass is 370 g/mol. The van der Waals surface area contributed by atoms with Gasteiger partial charge in [-0.05, 0) is 56.4 Å². The minimum atomic E-state index is -0.829. The van der Waals surface area contributed by atoms with E-state index in [9.17, 15) is 13.2 Å². The van der Waals surface area contributed by atoms with E-state index in [-0.39, 0.29) is 11.1 Å². The molecule has 1 aliphatic rings. The number of hydrogen-bond acceptors (Lipinski definition) is 0. The maximum atomic E-state index is 14.5. The van der Waals surface area contributed by atoms with Gasteiger partial charge in [-0.3, -0.25) is 0 Å². The minimum absolute atomic E-state index is 0.253. The summed E-state index contributed by atoms with van der Waals surface area (Å²) in [4.78, 5) is 0. The van der Waals surface area contributed by atoms with E-state index in [1.165, 1.54) is 5.56 Å². The van der Waals surface area contributed by atoms with E-state index in [1.807, 2.05) is 19.1 Å². The van der Waals surface area contributed by atoms with E-state index in [0.29, 0.717) is 18.2 Å².